The fourth-order valence-corrected chi connectivity index (χ4v) is 1.22. The summed E-state index contributed by atoms with van der Waals surface area (Å²) in [5.74, 6) is 0.854. The Labute approximate surface area is 77.3 Å². The largest absolute Gasteiger partial charge is 0.330 e. The Hall–Kier alpha value is -0.510. The molecule has 0 unspecified atom stereocenters. The van der Waals surface area contributed by atoms with Gasteiger partial charge in [-0.05, 0) is 17.6 Å². The lowest BCUT2D eigenvalue weighted by Crippen LogP contribution is -2.01. The first-order valence-electron chi connectivity index (χ1n) is 3.92. The van der Waals surface area contributed by atoms with Gasteiger partial charge in [-0.15, -0.1) is 0 Å². The molecule has 0 aromatic heterocycles. The minimum absolute atomic E-state index is 0.658. The third-order valence-corrected chi connectivity index (χ3v) is 2.04. The Morgan fingerprint density at radius 3 is 2.67 bits per heavy atom. The number of benzene rings is 1. The van der Waals surface area contributed by atoms with Crippen molar-refractivity contribution in [2.24, 2.45) is 5.73 Å². The van der Waals surface area contributed by atoms with Crippen LogP contribution in [0.1, 0.15) is 5.56 Å². The summed E-state index contributed by atoms with van der Waals surface area (Å²) in [6.07, 6.45) is 0. The molecule has 0 aliphatic rings. The predicted molar refractivity (Wildman–Crippen MR) is 52.7 cm³/mol. The topological polar surface area (TPSA) is 35.2 Å². The van der Waals surface area contributed by atoms with E-state index in [1.54, 1.807) is 0 Å². The van der Waals surface area contributed by atoms with E-state index < -0.39 is 0 Å². The molecule has 0 spiro atoms. The van der Waals surface area contributed by atoms with Gasteiger partial charge in [0.2, 0.25) is 0 Å². The number of nitrogens with two attached hydrogens (primary N) is 1. The molecule has 0 fully saturated rings. The zero-order chi connectivity index (χ0) is 8.65. The Morgan fingerprint density at radius 1 is 1.25 bits per heavy atom. The van der Waals surface area contributed by atoms with E-state index in [0.717, 1.165) is 5.75 Å². The average Bonchev–Trinajstić information content (AvgIpc) is 2.14. The van der Waals surface area contributed by atoms with E-state index in [1.165, 1.54) is 17.6 Å². The first-order valence-corrected chi connectivity index (χ1v) is 4.83. The van der Waals surface area contributed by atoms with Gasteiger partial charge in [0.05, 0.1) is 6.61 Å². The van der Waals surface area contributed by atoms with Crippen molar-refractivity contribution in [1.82, 2.24) is 0 Å². The zero-order valence-electron chi connectivity index (χ0n) is 6.90. The van der Waals surface area contributed by atoms with Gasteiger partial charge in [-0.2, -0.15) is 0 Å². The van der Waals surface area contributed by atoms with E-state index in [-0.39, 0.29) is 0 Å². The van der Waals surface area contributed by atoms with E-state index in [9.17, 15) is 0 Å². The standard InChI is InChI=1S/C9H13NOS/c10-6-7-12-11-8-9-4-2-1-3-5-9/h1-5H,6-8,10H2. The molecule has 2 nitrogen and oxygen atoms in total. The molecular weight excluding hydrogens is 170 g/mol. The minimum Gasteiger partial charge on any atom is -0.330 e. The zero-order valence-corrected chi connectivity index (χ0v) is 7.72. The van der Waals surface area contributed by atoms with Gasteiger partial charge in [-0.3, -0.25) is 0 Å². The number of rotatable bonds is 5. The quantitative estimate of drug-likeness (QED) is 0.558. The Balaban J connectivity index is 2.16. The van der Waals surface area contributed by atoms with Crippen molar-refractivity contribution in [3.8, 4) is 0 Å². The monoisotopic (exact) mass is 183 g/mol. The fourth-order valence-electron chi connectivity index (χ4n) is 0.791. The van der Waals surface area contributed by atoms with Gasteiger partial charge in [0.25, 0.3) is 0 Å². The summed E-state index contributed by atoms with van der Waals surface area (Å²) in [5, 5.41) is 0. The van der Waals surface area contributed by atoms with Crippen molar-refractivity contribution in [1.29, 1.82) is 0 Å². The fraction of sp³-hybridized carbons (Fsp3) is 0.333. The highest BCUT2D eigenvalue weighted by Gasteiger charge is 1.90. The molecule has 0 bridgehead atoms. The second-order valence-electron chi connectivity index (χ2n) is 2.36. The smallest absolute Gasteiger partial charge is 0.0864 e. The molecule has 0 heterocycles. The van der Waals surface area contributed by atoms with E-state index in [4.69, 9.17) is 9.92 Å². The van der Waals surface area contributed by atoms with Crippen molar-refractivity contribution in [3.05, 3.63) is 35.9 Å². The summed E-state index contributed by atoms with van der Waals surface area (Å²) in [5.41, 5.74) is 6.50. The molecule has 0 amide bonds. The van der Waals surface area contributed by atoms with Crippen LogP contribution >= 0.6 is 12.0 Å². The molecule has 0 atom stereocenters. The van der Waals surface area contributed by atoms with Gasteiger partial charge in [0.15, 0.2) is 0 Å². The number of hydrogen-bond acceptors (Lipinski definition) is 3. The molecule has 1 aromatic rings. The van der Waals surface area contributed by atoms with Gasteiger partial charge in [-0.1, -0.05) is 30.3 Å². The van der Waals surface area contributed by atoms with Crippen LogP contribution in [0.25, 0.3) is 0 Å². The van der Waals surface area contributed by atoms with Gasteiger partial charge >= 0.3 is 0 Å². The molecule has 66 valence electrons. The molecule has 1 aromatic carbocycles. The molecule has 3 heteroatoms. The maximum atomic E-state index is 5.31. The van der Waals surface area contributed by atoms with Crippen molar-refractivity contribution in [2.45, 2.75) is 6.61 Å². The lowest BCUT2D eigenvalue weighted by molar-refractivity contribution is 0.364. The summed E-state index contributed by atoms with van der Waals surface area (Å²) in [6, 6.07) is 10.1. The lowest BCUT2D eigenvalue weighted by Gasteiger charge is -2.00. The Bertz CT molecular complexity index is 203. The molecule has 0 aliphatic carbocycles. The second-order valence-corrected chi connectivity index (χ2v) is 3.24. The van der Waals surface area contributed by atoms with Crippen LogP contribution in [0.5, 0.6) is 0 Å². The van der Waals surface area contributed by atoms with Gasteiger partial charge in [-0.25, -0.2) is 0 Å². The summed E-state index contributed by atoms with van der Waals surface area (Å²) in [7, 11) is 0. The lowest BCUT2D eigenvalue weighted by atomic mass is 10.2. The maximum absolute atomic E-state index is 5.31. The summed E-state index contributed by atoms with van der Waals surface area (Å²) < 4.78 is 5.30. The van der Waals surface area contributed by atoms with Gasteiger partial charge < -0.3 is 9.92 Å². The molecule has 0 aliphatic heterocycles. The second kappa shape index (κ2) is 6.06. The van der Waals surface area contributed by atoms with Crippen molar-refractivity contribution < 1.29 is 4.18 Å². The summed E-state index contributed by atoms with van der Waals surface area (Å²) >= 11 is 1.42. The van der Waals surface area contributed by atoms with Crippen LogP contribution in [0.2, 0.25) is 0 Å². The summed E-state index contributed by atoms with van der Waals surface area (Å²) in [4.78, 5) is 0. The SMILES string of the molecule is NCCSOCc1ccccc1. The van der Waals surface area contributed by atoms with Crippen LogP contribution in [0.4, 0.5) is 0 Å². The molecular formula is C9H13NOS. The van der Waals surface area contributed by atoms with Crippen LogP contribution in [0.3, 0.4) is 0 Å². The number of hydrogen-bond donors (Lipinski definition) is 1. The maximum Gasteiger partial charge on any atom is 0.0864 e. The van der Waals surface area contributed by atoms with Crippen LogP contribution in [0, 0.1) is 0 Å². The van der Waals surface area contributed by atoms with E-state index in [2.05, 4.69) is 0 Å². The van der Waals surface area contributed by atoms with E-state index in [0.29, 0.717) is 13.2 Å². The van der Waals surface area contributed by atoms with Gasteiger partial charge in [0, 0.05) is 12.3 Å². The summed E-state index contributed by atoms with van der Waals surface area (Å²) in [6.45, 7) is 1.32. The first kappa shape index (κ1) is 9.58. The van der Waals surface area contributed by atoms with Crippen molar-refractivity contribution in [2.75, 3.05) is 12.3 Å². The third-order valence-electron chi connectivity index (χ3n) is 1.35. The molecule has 0 saturated heterocycles. The predicted octanol–water partition coefficient (Wildman–Crippen LogP) is 1.81. The third kappa shape index (κ3) is 3.76. The van der Waals surface area contributed by atoms with Crippen LogP contribution in [-0.4, -0.2) is 12.3 Å². The van der Waals surface area contributed by atoms with Crippen LogP contribution < -0.4 is 5.73 Å². The van der Waals surface area contributed by atoms with Gasteiger partial charge in [0.1, 0.15) is 0 Å². The Kier molecular flexibility index (Phi) is 4.83. The normalized spacial score (nSPS) is 10.1. The highest BCUT2D eigenvalue weighted by Crippen LogP contribution is 2.07. The van der Waals surface area contributed by atoms with Crippen molar-refractivity contribution in [3.63, 3.8) is 0 Å². The average molecular weight is 183 g/mol. The molecule has 0 saturated carbocycles. The Morgan fingerprint density at radius 2 is 2.00 bits per heavy atom. The molecule has 2 N–H and O–H groups in total. The molecule has 12 heavy (non-hydrogen) atoms. The first-order chi connectivity index (χ1) is 5.93. The van der Waals surface area contributed by atoms with E-state index in [1.807, 2.05) is 30.3 Å². The van der Waals surface area contributed by atoms with Crippen molar-refractivity contribution >= 4 is 12.0 Å². The van der Waals surface area contributed by atoms with Crippen LogP contribution in [-0.2, 0) is 10.8 Å². The molecule has 1 rings (SSSR count). The van der Waals surface area contributed by atoms with Crippen LogP contribution in [0.15, 0.2) is 30.3 Å². The van der Waals surface area contributed by atoms with E-state index >= 15 is 0 Å². The minimum atomic E-state index is 0.658. The highest BCUT2D eigenvalue weighted by atomic mass is 32.2. The highest BCUT2D eigenvalue weighted by molar-refractivity contribution is 7.94. The molecule has 0 radical (unpaired) electrons.